The maximum atomic E-state index is 12.5. The molecule has 0 unspecified atom stereocenters. The van der Waals surface area contributed by atoms with E-state index in [1.807, 2.05) is 30.1 Å². The average molecular weight is 282 g/mol. The number of carbonyl (C=O) groups is 1. The predicted molar refractivity (Wildman–Crippen MR) is 78.6 cm³/mol. The van der Waals surface area contributed by atoms with E-state index in [0.29, 0.717) is 6.67 Å². The molecule has 3 rings (SSSR count). The molecule has 104 valence electrons. The Hall–Kier alpha value is -1.26. The third kappa shape index (κ3) is 2.19. The van der Waals surface area contributed by atoms with Gasteiger partial charge in [0, 0.05) is 12.7 Å². The van der Waals surface area contributed by atoms with Crippen LogP contribution in [0.3, 0.4) is 0 Å². The molecule has 5 heteroatoms. The fraction of sp³-hybridized carbons (Fsp3) is 0.500. The van der Waals surface area contributed by atoms with E-state index in [1.165, 1.54) is 0 Å². The number of rotatable bonds is 1. The number of likely N-dealkylation sites (N-methyl/N-ethyl adjacent to an activating group) is 1. The minimum absolute atomic E-state index is 0. The Morgan fingerprint density at radius 1 is 1.16 bits per heavy atom. The number of hydrogen-bond donors (Lipinski definition) is 1. The van der Waals surface area contributed by atoms with Crippen LogP contribution in [0, 0.1) is 0 Å². The number of hydrogen-bond acceptors (Lipinski definition) is 3. The fourth-order valence-electron chi connectivity index (χ4n) is 3.14. The molecule has 1 aromatic carbocycles. The minimum Gasteiger partial charge on any atom is -0.339 e. The zero-order valence-electron chi connectivity index (χ0n) is 11.1. The van der Waals surface area contributed by atoms with E-state index in [0.717, 1.165) is 31.6 Å². The van der Waals surface area contributed by atoms with Gasteiger partial charge < -0.3 is 15.1 Å². The van der Waals surface area contributed by atoms with E-state index in [-0.39, 0.29) is 23.9 Å². The highest BCUT2D eigenvalue weighted by atomic mass is 35.5. The summed E-state index contributed by atoms with van der Waals surface area (Å²) in [6.45, 7) is 2.54. The van der Waals surface area contributed by atoms with Crippen LogP contribution in [-0.4, -0.2) is 43.2 Å². The van der Waals surface area contributed by atoms with Crippen molar-refractivity contribution in [3.63, 3.8) is 0 Å². The third-order valence-electron chi connectivity index (χ3n) is 4.11. The lowest BCUT2D eigenvalue weighted by molar-refractivity contribution is -0.131. The second-order valence-electron chi connectivity index (χ2n) is 5.19. The first-order valence-corrected chi connectivity index (χ1v) is 6.53. The molecule has 0 atom stereocenters. The Balaban J connectivity index is 0.00000133. The molecule has 1 amide bonds. The Morgan fingerprint density at radius 3 is 2.42 bits per heavy atom. The van der Waals surface area contributed by atoms with E-state index in [9.17, 15) is 4.79 Å². The SMILES string of the molecule is CN1CN(c2ccccc2)C2(CCNCC2)C1=O.Cl. The van der Waals surface area contributed by atoms with Crippen LogP contribution < -0.4 is 10.2 Å². The van der Waals surface area contributed by atoms with Crippen LogP contribution in [0.1, 0.15) is 12.8 Å². The van der Waals surface area contributed by atoms with Crippen LogP contribution in [0.5, 0.6) is 0 Å². The number of nitrogens with one attached hydrogen (secondary N) is 1. The molecule has 2 fully saturated rings. The Morgan fingerprint density at radius 2 is 1.79 bits per heavy atom. The van der Waals surface area contributed by atoms with Crippen LogP contribution in [0.15, 0.2) is 30.3 Å². The van der Waals surface area contributed by atoms with Gasteiger partial charge in [0.05, 0.1) is 6.67 Å². The molecule has 2 heterocycles. The monoisotopic (exact) mass is 281 g/mol. The first-order valence-electron chi connectivity index (χ1n) is 6.53. The van der Waals surface area contributed by atoms with Gasteiger partial charge in [-0.2, -0.15) is 0 Å². The van der Waals surface area contributed by atoms with Crippen LogP contribution in [0.25, 0.3) is 0 Å². The van der Waals surface area contributed by atoms with E-state index in [1.54, 1.807) is 0 Å². The molecule has 2 aliphatic rings. The van der Waals surface area contributed by atoms with Crippen molar-refractivity contribution in [2.45, 2.75) is 18.4 Å². The number of carbonyl (C=O) groups excluding carboxylic acids is 1. The van der Waals surface area contributed by atoms with Crippen LogP contribution in [0.4, 0.5) is 5.69 Å². The van der Waals surface area contributed by atoms with Gasteiger partial charge in [0.25, 0.3) is 0 Å². The number of para-hydroxylation sites is 1. The molecular weight excluding hydrogens is 262 g/mol. The maximum absolute atomic E-state index is 12.5. The minimum atomic E-state index is -0.318. The molecule has 1 spiro atoms. The van der Waals surface area contributed by atoms with Gasteiger partial charge in [-0.1, -0.05) is 18.2 Å². The number of halogens is 1. The molecule has 0 saturated carbocycles. The van der Waals surface area contributed by atoms with Gasteiger partial charge in [0.2, 0.25) is 5.91 Å². The van der Waals surface area contributed by atoms with Crippen molar-refractivity contribution in [2.75, 3.05) is 31.7 Å². The normalized spacial score (nSPS) is 21.6. The van der Waals surface area contributed by atoms with Crippen molar-refractivity contribution in [3.05, 3.63) is 30.3 Å². The summed E-state index contributed by atoms with van der Waals surface area (Å²) in [6.07, 6.45) is 1.79. The number of benzene rings is 1. The summed E-state index contributed by atoms with van der Waals surface area (Å²) >= 11 is 0. The molecule has 1 aromatic rings. The average Bonchev–Trinajstić information content (AvgIpc) is 2.66. The summed E-state index contributed by atoms with van der Waals surface area (Å²) in [7, 11) is 1.90. The highest BCUT2D eigenvalue weighted by Gasteiger charge is 2.51. The summed E-state index contributed by atoms with van der Waals surface area (Å²) in [5.41, 5.74) is 0.832. The van der Waals surface area contributed by atoms with Gasteiger partial charge in [-0.25, -0.2) is 0 Å². The highest BCUT2D eigenvalue weighted by molar-refractivity contribution is 5.93. The van der Waals surface area contributed by atoms with E-state index in [2.05, 4.69) is 22.3 Å². The smallest absolute Gasteiger partial charge is 0.249 e. The second kappa shape index (κ2) is 5.39. The lowest BCUT2D eigenvalue weighted by Gasteiger charge is -2.40. The molecule has 0 aliphatic carbocycles. The largest absolute Gasteiger partial charge is 0.339 e. The number of piperidine rings is 1. The number of amides is 1. The van der Waals surface area contributed by atoms with Crippen LogP contribution >= 0.6 is 12.4 Å². The van der Waals surface area contributed by atoms with Crippen LogP contribution in [-0.2, 0) is 4.79 Å². The van der Waals surface area contributed by atoms with Crippen LogP contribution in [0.2, 0.25) is 0 Å². The van der Waals surface area contributed by atoms with Crippen molar-refractivity contribution in [1.82, 2.24) is 10.2 Å². The zero-order valence-corrected chi connectivity index (χ0v) is 11.9. The van der Waals surface area contributed by atoms with Crippen molar-refractivity contribution in [2.24, 2.45) is 0 Å². The van der Waals surface area contributed by atoms with Gasteiger partial charge in [0.1, 0.15) is 5.54 Å². The summed E-state index contributed by atoms with van der Waals surface area (Å²) in [5.74, 6) is 0.271. The van der Waals surface area contributed by atoms with Crippen molar-refractivity contribution in [1.29, 1.82) is 0 Å². The summed E-state index contributed by atoms with van der Waals surface area (Å²) in [6, 6.07) is 10.3. The predicted octanol–water partition coefficient (Wildman–Crippen LogP) is 1.47. The molecule has 0 radical (unpaired) electrons. The highest BCUT2D eigenvalue weighted by Crippen LogP contribution is 2.37. The second-order valence-corrected chi connectivity index (χ2v) is 5.19. The molecule has 1 N–H and O–H groups in total. The molecule has 0 aromatic heterocycles. The summed E-state index contributed by atoms with van der Waals surface area (Å²) in [4.78, 5) is 16.6. The van der Waals surface area contributed by atoms with Gasteiger partial charge >= 0.3 is 0 Å². The molecule has 4 nitrogen and oxygen atoms in total. The van der Waals surface area contributed by atoms with Gasteiger partial charge in [-0.15, -0.1) is 12.4 Å². The molecule has 0 bridgehead atoms. The van der Waals surface area contributed by atoms with Crippen molar-refractivity contribution in [3.8, 4) is 0 Å². The zero-order chi connectivity index (χ0) is 12.6. The third-order valence-corrected chi connectivity index (χ3v) is 4.11. The van der Waals surface area contributed by atoms with Gasteiger partial charge in [0.15, 0.2) is 0 Å². The quantitative estimate of drug-likeness (QED) is 0.847. The Labute approximate surface area is 120 Å². The molecule has 19 heavy (non-hydrogen) atoms. The first kappa shape index (κ1) is 14.2. The topological polar surface area (TPSA) is 35.6 Å². The lowest BCUT2D eigenvalue weighted by Crippen LogP contribution is -2.55. The Kier molecular flexibility index (Phi) is 4.02. The fourth-order valence-corrected chi connectivity index (χ4v) is 3.14. The standard InChI is InChI=1S/C14H19N3O.ClH/c1-16-11-17(12-5-3-2-4-6-12)14(13(16)18)7-9-15-10-8-14;/h2-6,15H,7-11H2,1H3;1H. The first-order chi connectivity index (χ1) is 8.74. The summed E-state index contributed by atoms with van der Waals surface area (Å²) in [5, 5.41) is 3.35. The van der Waals surface area contributed by atoms with Gasteiger partial charge in [-0.05, 0) is 38.1 Å². The van der Waals surface area contributed by atoms with Gasteiger partial charge in [-0.3, -0.25) is 4.79 Å². The van der Waals surface area contributed by atoms with E-state index >= 15 is 0 Å². The Bertz CT molecular complexity index is 445. The van der Waals surface area contributed by atoms with E-state index in [4.69, 9.17) is 0 Å². The lowest BCUT2D eigenvalue weighted by atomic mass is 9.86. The molecule has 2 aliphatic heterocycles. The van der Waals surface area contributed by atoms with Crippen molar-refractivity contribution < 1.29 is 4.79 Å². The van der Waals surface area contributed by atoms with E-state index < -0.39 is 0 Å². The molecule has 2 saturated heterocycles. The number of anilines is 1. The maximum Gasteiger partial charge on any atom is 0.249 e. The molecular formula is C14H20ClN3O. The van der Waals surface area contributed by atoms with Crippen molar-refractivity contribution >= 4 is 24.0 Å². The number of nitrogens with zero attached hydrogens (tertiary/aromatic N) is 2. The summed E-state index contributed by atoms with van der Waals surface area (Å²) < 4.78 is 0.